The summed E-state index contributed by atoms with van der Waals surface area (Å²) < 4.78 is 0. The lowest BCUT2D eigenvalue weighted by Crippen LogP contribution is -2.29. The standard InChI is InChI=1S/C22H32N4O2S/c1-6-7-8-9-10-11-23-21(28)26-22-24-17(5)19(29-22)20(27)25-18-15(3)12-14(2)13-16(18)4/h12-13H,6-11H2,1-5H3,(H,25,27)(H2,23,24,26,28). The van der Waals surface area contributed by atoms with Gasteiger partial charge >= 0.3 is 6.03 Å². The molecule has 1 heterocycles. The predicted molar refractivity (Wildman–Crippen MR) is 121 cm³/mol. The van der Waals surface area contributed by atoms with Gasteiger partial charge in [0.05, 0.1) is 5.69 Å². The van der Waals surface area contributed by atoms with E-state index in [1.807, 2.05) is 32.9 Å². The Morgan fingerprint density at radius 3 is 2.28 bits per heavy atom. The van der Waals surface area contributed by atoms with Crippen LogP contribution in [0.3, 0.4) is 0 Å². The van der Waals surface area contributed by atoms with E-state index in [1.54, 1.807) is 6.92 Å². The molecular weight excluding hydrogens is 384 g/mol. The van der Waals surface area contributed by atoms with E-state index >= 15 is 0 Å². The molecule has 0 spiro atoms. The first-order chi connectivity index (χ1) is 13.8. The number of amides is 3. The van der Waals surface area contributed by atoms with E-state index in [9.17, 15) is 9.59 Å². The Balaban J connectivity index is 1.92. The number of urea groups is 1. The predicted octanol–water partition coefficient (Wildman–Crippen LogP) is 5.72. The molecule has 2 rings (SSSR count). The molecular formula is C22H32N4O2S. The van der Waals surface area contributed by atoms with Crippen LogP contribution < -0.4 is 16.0 Å². The maximum Gasteiger partial charge on any atom is 0.321 e. The van der Waals surface area contributed by atoms with E-state index in [4.69, 9.17) is 0 Å². The second-order valence-corrected chi connectivity index (χ2v) is 8.46. The molecule has 29 heavy (non-hydrogen) atoms. The van der Waals surface area contributed by atoms with Crippen LogP contribution in [0.15, 0.2) is 12.1 Å². The van der Waals surface area contributed by atoms with E-state index in [0.717, 1.165) is 35.2 Å². The number of rotatable bonds is 9. The number of nitrogens with one attached hydrogen (secondary N) is 3. The summed E-state index contributed by atoms with van der Waals surface area (Å²) in [5.74, 6) is -0.209. The molecule has 0 aliphatic carbocycles. The van der Waals surface area contributed by atoms with Crippen molar-refractivity contribution in [2.24, 2.45) is 0 Å². The molecule has 0 aliphatic rings. The number of carbonyl (C=O) groups is 2. The van der Waals surface area contributed by atoms with Crippen molar-refractivity contribution < 1.29 is 9.59 Å². The number of anilines is 2. The van der Waals surface area contributed by atoms with Gasteiger partial charge in [0.15, 0.2) is 5.13 Å². The largest absolute Gasteiger partial charge is 0.338 e. The van der Waals surface area contributed by atoms with Gasteiger partial charge in [-0.1, -0.05) is 61.6 Å². The minimum Gasteiger partial charge on any atom is -0.338 e. The molecule has 3 amide bonds. The highest BCUT2D eigenvalue weighted by molar-refractivity contribution is 7.17. The van der Waals surface area contributed by atoms with Crippen molar-refractivity contribution in [1.82, 2.24) is 10.3 Å². The molecule has 0 atom stereocenters. The summed E-state index contributed by atoms with van der Waals surface area (Å²) >= 11 is 1.19. The molecule has 0 bridgehead atoms. The summed E-state index contributed by atoms with van der Waals surface area (Å²) in [4.78, 5) is 29.6. The van der Waals surface area contributed by atoms with E-state index < -0.39 is 0 Å². The Bertz CT molecular complexity index is 837. The number of aromatic nitrogens is 1. The first-order valence-electron chi connectivity index (χ1n) is 10.2. The van der Waals surface area contributed by atoms with Gasteiger partial charge in [0.25, 0.3) is 5.91 Å². The van der Waals surface area contributed by atoms with Crippen molar-refractivity contribution in [3.05, 3.63) is 39.4 Å². The number of nitrogens with zero attached hydrogens (tertiary/aromatic N) is 1. The average molecular weight is 417 g/mol. The van der Waals surface area contributed by atoms with E-state index in [2.05, 4.69) is 27.9 Å². The summed E-state index contributed by atoms with van der Waals surface area (Å²) in [6, 6.07) is 3.80. The molecule has 2 aromatic rings. The second kappa shape index (κ2) is 11.0. The third-order valence-corrected chi connectivity index (χ3v) is 5.78. The second-order valence-electron chi connectivity index (χ2n) is 7.46. The van der Waals surface area contributed by atoms with Crippen LogP contribution in [-0.4, -0.2) is 23.5 Å². The molecule has 6 nitrogen and oxygen atoms in total. The van der Waals surface area contributed by atoms with Crippen molar-refractivity contribution in [3.8, 4) is 0 Å². The number of hydrogen-bond acceptors (Lipinski definition) is 4. The lowest BCUT2D eigenvalue weighted by atomic mass is 10.1. The number of thiazole rings is 1. The molecule has 0 radical (unpaired) electrons. The van der Waals surface area contributed by atoms with Gasteiger partial charge in [-0.05, 0) is 45.2 Å². The Morgan fingerprint density at radius 2 is 1.62 bits per heavy atom. The van der Waals surface area contributed by atoms with Gasteiger partial charge in [0, 0.05) is 12.2 Å². The van der Waals surface area contributed by atoms with Gasteiger partial charge in [-0.15, -0.1) is 0 Å². The zero-order valence-electron chi connectivity index (χ0n) is 18.1. The quantitative estimate of drug-likeness (QED) is 0.457. The average Bonchev–Trinajstić information content (AvgIpc) is 3.01. The third kappa shape index (κ3) is 6.85. The van der Waals surface area contributed by atoms with Crippen LogP contribution in [0.1, 0.15) is 71.1 Å². The van der Waals surface area contributed by atoms with Crippen LogP contribution in [-0.2, 0) is 0 Å². The highest BCUT2D eigenvalue weighted by Crippen LogP contribution is 2.26. The monoisotopic (exact) mass is 416 g/mol. The van der Waals surface area contributed by atoms with Crippen LogP contribution in [0, 0.1) is 27.7 Å². The Kier molecular flexibility index (Phi) is 8.64. The van der Waals surface area contributed by atoms with E-state index in [-0.39, 0.29) is 11.9 Å². The SMILES string of the molecule is CCCCCCCNC(=O)Nc1nc(C)c(C(=O)Nc2c(C)cc(C)cc2C)s1. The first-order valence-corrected chi connectivity index (χ1v) is 11.0. The van der Waals surface area contributed by atoms with Gasteiger partial charge in [-0.3, -0.25) is 10.1 Å². The number of unbranched alkanes of at least 4 members (excludes halogenated alkanes) is 4. The highest BCUT2D eigenvalue weighted by atomic mass is 32.1. The molecule has 0 saturated carbocycles. The Hall–Kier alpha value is -2.41. The lowest BCUT2D eigenvalue weighted by Gasteiger charge is -2.12. The maximum absolute atomic E-state index is 12.8. The third-order valence-electron chi connectivity index (χ3n) is 4.70. The minimum atomic E-state index is -0.286. The molecule has 1 aromatic carbocycles. The molecule has 0 fully saturated rings. The van der Waals surface area contributed by atoms with E-state index in [1.165, 1.54) is 30.6 Å². The summed E-state index contributed by atoms with van der Waals surface area (Å²) in [6.07, 6.45) is 5.72. The number of benzene rings is 1. The lowest BCUT2D eigenvalue weighted by molar-refractivity contribution is 0.102. The van der Waals surface area contributed by atoms with Crippen LogP contribution in [0.5, 0.6) is 0 Å². The topological polar surface area (TPSA) is 83.1 Å². The number of hydrogen-bond donors (Lipinski definition) is 3. The Morgan fingerprint density at radius 1 is 0.966 bits per heavy atom. The van der Waals surface area contributed by atoms with Gasteiger partial charge in [0.2, 0.25) is 0 Å². The van der Waals surface area contributed by atoms with Crippen LogP contribution in [0.2, 0.25) is 0 Å². The molecule has 0 saturated heterocycles. The minimum absolute atomic E-state index is 0.209. The zero-order chi connectivity index (χ0) is 21.4. The zero-order valence-corrected chi connectivity index (χ0v) is 18.9. The van der Waals surface area contributed by atoms with Crippen LogP contribution in [0.25, 0.3) is 0 Å². The fraction of sp³-hybridized carbons (Fsp3) is 0.500. The summed E-state index contributed by atoms with van der Waals surface area (Å²) in [7, 11) is 0. The fourth-order valence-electron chi connectivity index (χ4n) is 3.28. The number of aryl methyl sites for hydroxylation is 4. The summed E-state index contributed by atoms with van der Waals surface area (Å²) in [6.45, 7) is 10.6. The van der Waals surface area contributed by atoms with Crippen molar-refractivity contribution in [3.63, 3.8) is 0 Å². The molecule has 158 valence electrons. The van der Waals surface area contributed by atoms with Gasteiger partial charge in [-0.2, -0.15) is 0 Å². The molecule has 7 heteroatoms. The van der Waals surface area contributed by atoms with Crippen molar-refractivity contribution in [2.75, 3.05) is 17.2 Å². The highest BCUT2D eigenvalue weighted by Gasteiger charge is 2.18. The van der Waals surface area contributed by atoms with Crippen molar-refractivity contribution in [2.45, 2.75) is 66.7 Å². The van der Waals surface area contributed by atoms with Crippen LogP contribution >= 0.6 is 11.3 Å². The molecule has 3 N–H and O–H groups in total. The molecule has 1 aromatic heterocycles. The normalized spacial score (nSPS) is 10.7. The first kappa shape index (κ1) is 22.9. The fourth-order valence-corrected chi connectivity index (χ4v) is 4.14. The van der Waals surface area contributed by atoms with E-state index in [0.29, 0.717) is 22.2 Å². The summed E-state index contributed by atoms with van der Waals surface area (Å²) in [5.41, 5.74) is 4.63. The maximum atomic E-state index is 12.8. The summed E-state index contributed by atoms with van der Waals surface area (Å²) in [5, 5.41) is 8.99. The Labute approximate surface area is 177 Å². The number of carbonyl (C=O) groups excluding carboxylic acids is 2. The van der Waals surface area contributed by atoms with Gasteiger partial charge in [0.1, 0.15) is 4.88 Å². The van der Waals surface area contributed by atoms with Gasteiger partial charge < -0.3 is 10.6 Å². The van der Waals surface area contributed by atoms with Crippen molar-refractivity contribution >= 4 is 34.1 Å². The smallest absolute Gasteiger partial charge is 0.321 e. The van der Waals surface area contributed by atoms with Crippen LogP contribution in [0.4, 0.5) is 15.6 Å². The molecule has 0 unspecified atom stereocenters. The van der Waals surface area contributed by atoms with Gasteiger partial charge in [-0.25, -0.2) is 9.78 Å². The van der Waals surface area contributed by atoms with Crippen molar-refractivity contribution in [1.29, 1.82) is 0 Å². The molecule has 0 aliphatic heterocycles.